The standard InChI is InChI=1S/C30H40F3N3O5/c1-17(2)41-28(39)36-25(20-11-9-10-12-21(20)35(6)7)24(23(29(3,4)5)26(36)27(37)38)34-16-18-13-14-19(30(31,32)33)15-22(18)40-8/h9-15,17,23-26,34H,16H2,1-8H3,(H,37,38)/t23-,24-,25-,26-/m1/s1. The zero-order valence-electron chi connectivity index (χ0n) is 24.7. The van der Waals surface area contributed by atoms with Gasteiger partial charge in [-0.25, -0.2) is 9.59 Å². The Morgan fingerprint density at radius 2 is 1.73 bits per heavy atom. The number of anilines is 1. The number of nitrogens with one attached hydrogen (secondary N) is 1. The maximum Gasteiger partial charge on any atom is 0.416 e. The molecule has 2 aromatic carbocycles. The topological polar surface area (TPSA) is 91.3 Å². The summed E-state index contributed by atoms with van der Waals surface area (Å²) in [6.45, 7) is 9.19. The summed E-state index contributed by atoms with van der Waals surface area (Å²) in [6, 6.07) is 8.06. The predicted molar refractivity (Wildman–Crippen MR) is 150 cm³/mol. The highest BCUT2D eigenvalue weighted by Crippen LogP contribution is 2.50. The summed E-state index contributed by atoms with van der Waals surface area (Å²) < 4.78 is 50.9. The molecule has 1 aliphatic heterocycles. The molecule has 0 spiro atoms. The molecule has 1 saturated heterocycles. The van der Waals surface area contributed by atoms with Gasteiger partial charge in [-0.1, -0.05) is 45.0 Å². The van der Waals surface area contributed by atoms with Gasteiger partial charge in [-0.05, 0) is 43.0 Å². The number of carbonyl (C=O) groups excluding carboxylic acids is 1. The second-order valence-corrected chi connectivity index (χ2v) is 11.8. The average molecular weight is 580 g/mol. The number of likely N-dealkylation sites (tertiary alicyclic amines) is 1. The monoisotopic (exact) mass is 579 g/mol. The molecule has 1 aliphatic rings. The lowest BCUT2D eigenvalue weighted by molar-refractivity contribution is -0.145. The summed E-state index contributed by atoms with van der Waals surface area (Å²) in [5, 5.41) is 14.0. The van der Waals surface area contributed by atoms with Gasteiger partial charge in [0, 0.05) is 43.9 Å². The number of ether oxygens (including phenoxy) is 2. The number of nitrogens with zero attached hydrogens (tertiary/aromatic N) is 2. The number of carbonyl (C=O) groups is 2. The fourth-order valence-electron chi connectivity index (χ4n) is 5.71. The lowest BCUT2D eigenvalue weighted by atomic mass is 9.72. The number of aliphatic carboxylic acids is 1. The summed E-state index contributed by atoms with van der Waals surface area (Å²) in [7, 11) is 5.01. The first kappa shape index (κ1) is 32.0. The van der Waals surface area contributed by atoms with Crippen LogP contribution in [0.1, 0.15) is 57.4 Å². The Hall–Kier alpha value is -3.47. The van der Waals surface area contributed by atoms with E-state index in [9.17, 15) is 27.9 Å². The highest BCUT2D eigenvalue weighted by Gasteiger charge is 2.59. The first-order chi connectivity index (χ1) is 19.0. The van der Waals surface area contributed by atoms with Gasteiger partial charge in [0.25, 0.3) is 0 Å². The van der Waals surface area contributed by atoms with E-state index in [1.54, 1.807) is 13.8 Å². The van der Waals surface area contributed by atoms with Crippen LogP contribution in [0, 0.1) is 11.3 Å². The SMILES string of the molecule is COc1cc(C(F)(F)F)ccc1CN[C@@H]1[C@@H](C(C)(C)C)[C@H](C(=O)O)N(C(=O)OC(C)C)[C@@H]1c1ccccc1N(C)C. The summed E-state index contributed by atoms with van der Waals surface area (Å²) in [4.78, 5) is 29.7. The Labute approximate surface area is 239 Å². The molecule has 0 bridgehead atoms. The van der Waals surface area contributed by atoms with Crippen LogP contribution in [0.2, 0.25) is 0 Å². The van der Waals surface area contributed by atoms with Crippen LogP contribution in [0.15, 0.2) is 42.5 Å². The average Bonchev–Trinajstić information content (AvgIpc) is 3.22. The van der Waals surface area contributed by atoms with Crippen LogP contribution in [0.3, 0.4) is 0 Å². The van der Waals surface area contributed by atoms with E-state index in [0.717, 1.165) is 17.8 Å². The molecular formula is C30H40F3N3O5. The van der Waals surface area contributed by atoms with Crippen molar-refractivity contribution in [1.82, 2.24) is 10.2 Å². The number of hydrogen-bond donors (Lipinski definition) is 2. The minimum atomic E-state index is -4.53. The predicted octanol–water partition coefficient (Wildman–Crippen LogP) is 5.96. The number of amides is 1. The number of benzene rings is 2. The number of para-hydroxylation sites is 1. The van der Waals surface area contributed by atoms with Crippen LogP contribution in [0.25, 0.3) is 0 Å². The van der Waals surface area contributed by atoms with E-state index in [0.29, 0.717) is 11.1 Å². The highest BCUT2D eigenvalue weighted by molar-refractivity contribution is 5.83. The number of alkyl halides is 3. The van der Waals surface area contributed by atoms with Crippen LogP contribution in [-0.4, -0.2) is 61.5 Å². The Bertz CT molecular complexity index is 1240. The molecule has 1 fully saturated rings. The Balaban J connectivity index is 2.20. The summed E-state index contributed by atoms with van der Waals surface area (Å²) >= 11 is 0. The molecule has 11 heteroatoms. The largest absolute Gasteiger partial charge is 0.496 e. The maximum atomic E-state index is 13.6. The highest BCUT2D eigenvalue weighted by atomic mass is 19.4. The van der Waals surface area contributed by atoms with Crippen molar-refractivity contribution in [1.29, 1.82) is 0 Å². The van der Waals surface area contributed by atoms with E-state index < -0.39 is 59.4 Å². The molecule has 0 unspecified atom stereocenters. The van der Waals surface area contributed by atoms with E-state index >= 15 is 0 Å². The van der Waals surface area contributed by atoms with E-state index in [1.165, 1.54) is 18.1 Å². The van der Waals surface area contributed by atoms with Crippen LogP contribution in [0.4, 0.5) is 23.7 Å². The summed E-state index contributed by atoms with van der Waals surface area (Å²) in [5.74, 6) is -1.73. The summed E-state index contributed by atoms with van der Waals surface area (Å²) in [6.07, 6.45) is -5.77. The Morgan fingerprint density at radius 3 is 2.24 bits per heavy atom. The van der Waals surface area contributed by atoms with Gasteiger partial charge in [0.15, 0.2) is 0 Å². The molecular weight excluding hydrogens is 539 g/mol. The molecule has 1 heterocycles. The zero-order chi connectivity index (χ0) is 30.9. The van der Waals surface area contributed by atoms with E-state index in [-0.39, 0.29) is 12.3 Å². The second-order valence-electron chi connectivity index (χ2n) is 11.8. The maximum absolute atomic E-state index is 13.6. The number of hydrogen-bond acceptors (Lipinski definition) is 6. The van der Waals surface area contributed by atoms with Crippen LogP contribution in [0.5, 0.6) is 5.75 Å². The van der Waals surface area contributed by atoms with Crippen molar-refractivity contribution >= 4 is 17.7 Å². The fraction of sp³-hybridized carbons (Fsp3) is 0.533. The number of carboxylic acids is 1. The fourth-order valence-corrected chi connectivity index (χ4v) is 5.71. The number of rotatable bonds is 8. The Kier molecular flexibility index (Phi) is 9.52. The van der Waals surface area contributed by atoms with Gasteiger partial charge in [-0.3, -0.25) is 4.90 Å². The van der Waals surface area contributed by atoms with Crippen molar-refractivity contribution < 1.29 is 37.3 Å². The minimum absolute atomic E-state index is 0.0498. The van der Waals surface area contributed by atoms with E-state index in [4.69, 9.17) is 9.47 Å². The molecule has 1 amide bonds. The van der Waals surface area contributed by atoms with Crippen molar-refractivity contribution in [3.8, 4) is 5.75 Å². The second kappa shape index (κ2) is 12.2. The molecule has 0 saturated carbocycles. The van der Waals surface area contributed by atoms with Crippen LogP contribution in [-0.2, 0) is 22.3 Å². The molecule has 0 aromatic heterocycles. The van der Waals surface area contributed by atoms with E-state index in [1.807, 2.05) is 64.0 Å². The van der Waals surface area contributed by atoms with Crippen molar-refractivity contribution in [2.24, 2.45) is 11.3 Å². The first-order valence-corrected chi connectivity index (χ1v) is 13.4. The van der Waals surface area contributed by atoms with Gasteiger partial charge in [0.05, 0.1) is 24.8 Å². The van der Waals surface area contributed by atoms with Crippen molar-refractivity contribution in [3.05, 3.63) is 59.2 Å². The number of carboxylic acid groups (broad SMARTS) is 1. The van der Waals surface area contributed by atoms with Crippen molar-refractivity contribution in [2.45, 2.75) is 71.6 Å². The first-order valence-electron chi connectivity index (χ1n) is 13.4. The Morgan fingerprint density at radius 1 is 1.10 bits per heavy atom. The third-order valence-corrected chi connectivity index (χ3v) is 7.35. The van der Waals surface area contributed by atoms with Crippen molar-refractivity contribution in [3.63, 3.8) is 0 Å². The van der Waals surface area contributed by atoms with Gasteiger partial charge < -0.3 is 24.8 Å². The van der Waals surface area contributed by atoms with Crippen molar-refractivity contribution in [2.75, 3.05) is 26.1 Å². The molecule has 41 heavy (non-hydrogen) atoms. The molecule has 8 nitrogen and oxygen atoms in total. The third kappa shape index (κ3) is 6.89. The number of halogens is 3. The minimum Gasteiger partial charge on any atom is -0.496 e. The number of methoxy groups -OCH3 is 1. The van der Waals surface area contributed by atoms with Gasteiger partial charge >= 0.3 is 18.2 Å². The van der Waals surface area contributed by atoms with Crippen LogP contribution >= 0.6 is 0 Å². The molecule has 0 aliphatic carbocycles. The molecule has 2 N–H and O–H groups in total. The lowest BCUT2D eigenvalue weighted by Gasteiger charge is -2.35. The smallest absolute Gasteiger partial charge is 0.416 e. The molecule has 226 valence electrons. The normalized spacial score (nSPS) is 21.2. The lowest BCUT2D eigenvalue weighted by Crippen LogP contribution is -2.48. The van der Waals surface area contributed by atoms with Gasteiger partial charge in [-0.2, -0.15) is 13.2 Å². The van der Waals surface area contributed by atoms with Gasteiger partial charge in [0.1, 0.15) is 11.8 Å². The van der Waals surface area contributed by atoms with Gasteiger partial charge in [-0.15, -0.1) is 0 Å². The quantitative estimate of drug-likeness (QED) is 0.399. The third-order valence-electron chi connectivity index (χ3n) is 7.35. The zero-order valence-corrected chi connectivity index (χ0v) is 24.7. The summed E-state index contributed by atoms with van der Waals surface area (Å²) in [5.41, 5.74) is 0.523. The van der Waals surface area contributed by atoms with Gasteiger partial charge in [0.2, 0.25) is 0 Å². The molecule has 3 rings (SSSR count). The molecule has 4 atom stereocenters. The molecule has 0 radical (unpaired) electrons. The molecule has 2 aromatic rings. The van der Waals surface area contributed by atoms with Crippen LogP contribution < -0.4 is 15.0 Å². The van der Waals surface area contributed by atoms with E-state index in [2.05, 4.69) is 5.32 Å².